The molecule has 0 atom stereocenters. The standard InChI is InChI=1S/C28H23N5O5S/c1-31-24(29)23(26(36)32(2)28(31)37)22(34)16-39-27-30-21-11-7-6-10-20(21)25(35)33(27)17-12-14-19(15-13-17)38-18-8-4-3-5-9-18/h3-15H,16,29H2,1-2H3. The van der Waals surface area contributed by atoms with Gasteiger partial charge in [0.1, 0.15) is 22.9 Å². The Morgan fingerprint density at radius 3 is 2.21 bits per heavy atom. The lowest BCUT2D eigenvalue weighted by Gasteiger charge is -2.14. The minimum absolute atomic E-state index is 0.216. The zero-order valence-corrected chi connectivity index (χ0v) is 21.8. The van der Waals surface area contributed by atoms with Gasteiger partial charge < -0.3 is 10.5 Å². The van der Waals surface area contributed by atoms with Crippen molar-refractivity contribution in [2.45, 2.75) is 5.16 Å². The summed E-state index contributed by atoms with van der Waals surface area (Å²) in [7, 11) is 2.66. The Labute approximate surface area is 225 Å². The van der Waals surface area contributed by atoms with Crippen LogP contribution < -0.4 is 27.3 Å². The summed E-state index contributed by atoms with van der Waals surface area (Å²) in [5.74, 6) is 0.212. The van der Waals surface area contributed by atoms with Crippen LogP contribution in [0.1, 0.15) is 10.4 Å². The molecule has 0 unspecified atom stereocenters. The van der Waals surface area contributed by atoms with E-state index >= 15 is 0 Å². The number of hydrogen-bond acceptors (Lipinski definition) is 8. The highest BCUT2D eigenvalue weighted by molar-refractivity contribution is 7.99. The molecule has 0 amide bonds. The fourth-order valence-corrected chi connectivity index (χ4v) is 4.93. The number of anilines is 1. The number of hydrogen-bond donors (Lipinski definition) is 1. The number of para-hydroxylation sites is 2. The number of nitrogens with two attached hydrogens (primary N) is 1. The highest BCUT2D eigenvalue weighted by Gasteiger charge is 2.22. The number of benzene rings is 3. The van der Waals surface area contributed by atoms with Gasteiger partial charge in [0.05, 0.1) is 22.3 Å². The Bertz CT molecular complexity index is 1890. The lowest BCUT2D eigenvalue weighted by atomic mass is 10.2. The number of nitrogens with zero attached hydrogens (tertiary/aromatic N) is 4. The summed E-state index contributed by atoms with van der Waals surface area (Å²) >= 11 is 0.994. The van der Waals surface area contributed by atoms with Gasteiger partial charge in [-0.2, -0.15) is 0 Å². The molecular weight excluding hydrogens is 518 g/mol. The average Bonchev–Trinajstić information content (AvgIpc) is 2.95. The van der Waals surface area contributed by atoms with Crippen molar-refractivity contribution in [2.75, 3.05) is 11.5 Å². The van der Waals surface area contributed by atoms with Crippen LogP contribution in [0.15, 0.2) is 98.4 Å². The Balaban J connectivity index is 1.52. The molecule has 0 radical (unpaired) electrons. The lowest BCUT2D eigenvalue weighted by molar-refractivity contribution is 0.102. The van der Waals surface area contributed by atoms with Crippen LogP contribution in [0.3, 0.4) is 0 Å². The Morgan fingerprint density at radius 1 is 0.846 bits per heavy atom. The molecule has 0 saturated carbocycles. The van der Waals surface area contributed by atoms with Gasteiger partial charge in [0.25, 0.3) is 11.1 Å². The predicted molar refractivity (Wildman–Crippen MR) is 150 cm³/mol. The molecule has 2 N–H and O–H groups in total. The van der Waals surface area contributed by atoms with Crippen LogP contribution in [0.5, 0.6) is 11.5 Å². The van der Waals surface area contributed by atoms with Gasteiger partial charge in [-0.25, -0.2) is 9.78 Å². The van der Waals surface area contributed by atoms with Crippen LogP contribution in [0, 0.1) is 0 Å². The van der Waals surface area contributed by atoms with E-state index < -0.39 is 17.0 Å². The first kappa shape index (κ1) is 25.7. The number of ketones is 1. The van der Waals surface area contributed by atoms with E-state index in [-0.39, 0.29) is 27.8 Å². The van der Waals surface area contributed by atoms with Crippen molar-refractivity contribution >= 4 is 34.3 Å². The smallest absolute Gasteiger partial charge is 0.332 e. The number of carbonyl (C=O) groups excluding carboxylic acids is 1. The molecule has 2 heterocycles. The first-order valence-electron chi connectivity index (χ1n) is 11.8. The van der Waals surface area contributed by atoms with Crippen LogP contribution in [0.2, 0.25) is 0 Å². The minimum Gasteiger partial charge on any atom is -0.457 e. The maximum absolute atomic E-state index is 13.6. The first-order valence-corrected chi connectivity index (χ1v) is 12.8. The van der Waals surface area contributed by atoms with Crippen LogP contribution in [0.4, 0.5) is 5.82 Å². The number of ether oxygens (including phenoxy) is 1. The van der Waals surface area contributed by atoms with Crippen molar-refractivity contribution < 1.29 is 9.53 Å². The number of thioether (sulfide) groups is 1. The molecule has 0 aliphatic rings. The molecule has 11 heteroatoms. The van der Waals surface area contributed by atoms with Gasteiger partial charge in [-0.15, -0.1) is 0 Å². The number of aromatic nitrogens is 4. The third kappa shape index (κ3) is 4.87. The number of nitrogen functional groups attached to an aromatic ring is 1. The molecule has 39 heavy (non-hydrogen) atoms. The first-order chi connectivity index (χ1) is 18.8. The molecule has 196 valence electrons. The van der Waals surface area contributed by atoms with Gasteiger partial charge in [0.15, 0.2) is 10.9 Å². The van der Waals surface area contributed by atoms with E-state index in [1.807, 2.05) is 30.3 Å². The molecule has 0 bridgehead atoms. The molecule has 5 rings (SSSR count). The van der Waals surface area contributed by atoms with E-state index in [1.165, 1.54) is 18.7 Å². The van der Waals surface area contributed by atoms with Gasteiger partial charge in [-0.3, -0.25) is 28.1 Å². The quantitative estimate of drug-likeness (QED) is 0.189. The zero-order valence-electron chi connectivity index (χ0n) is 21.0. The van der Waals surface area contributed by atoms with Gasteiger partial charge in [-0.1, -0.05) is 42.1 Å². The molecule has 0 aliphatic carbocycles. The van der Waals surface area contributed by atoms with E-state index in [0.717, 1.165) is 20.9 Å². The fraction of sp³-hybridized carbons (Fsp3) is 0.107. The fourth-order valence-electron chi connectivity index (χ4n) is 4.05. The maximum Gasteiger partial charge on any atom is 0.332 e. The summed E-state index contributed by atoms with van der Waals surface area (Å²) in [5, 5.41) is 0.665. The van der Waals surface area contributed by atoms with E-state index in [0.29, 0.717) is 28.1 Å². The normalized spacial score (nSPS) is 11.0. The van der Waals surface area contributed by atoms with Crippen LogP contribution in [0.25, 0.3) is 16.6 Å². The lowest BCUT2D eigenvalue weighted by Crippen LogP contribution is -2.41. The van der Waals surface area contributed by atoms with Crippen molar-refractivity contribution in [3.05, 3.63) is 116 Å². The van der Waals surface area contributed by atoms with Gasteiger partial charge in [0, 0.05) is 14.1 Å². The van der Waals surface area contributed by atoms with Crippen LogP contribution in [-0.2, 0) is 14.1 Å². The average molecular weight is 542 g/mol. The van der Waals surface area contributed by atoms with E-state index in [2.05, 4.69) is 4.98 Å². The number of fused-ring (bicyclic) bond motifs is 1. The van der Waals surface area contributed by atoms with Crippen LogP contribution in [-0.4, -0.2) is 30.2 Å². The molecule has 0 aliphatic heterocycles. The SMILES string of the molecule is Cn1c(N)c(C(=O)CSc2nc3ccccc3c(=O)n2-c2ccc(Oc3ccccc3)cc2)c(=O)n(C)c1=O. The predicted octanol–water partition coefficient (Wildman–Crippen LogP) is 3.13. The molecule has 3 aromatic carbocycles. The molecule has 10 nitrogen and oxygen atoms in total. The van der Waals surface area contributed by atoms with E-state index in [9.17, 15) is 19.2 Å². The second-order valence-electron chi connectivity index (χ2n) is 8.64. The number of carbonyl (C=O) groups is 1. The third-order valence-corrected chi connectivity index (χ3v) is 7.08. The molecule has 5 aromatic rings. The highest BCUT2D eigenvalue weighted by atomic mass is 32.2. The van der Waals surface area contributed by atoms with E-state index in [1.54, 1.807) is 48.5 Å². The summed E-state index contributed by atoms with van der Waals surface area (Å²) in [4.78, 5) is 56.1. The number of Topliss-reactive ketones (excluding diaryl/α,β-unsaturated/α-hetero) is 1. The summed E-state index contributed by atoms with van der Waals surface area (Å²) in [6.07, 6.45) is 0. The Morgan fingerprint density at radius 2 is 1.49 bits per heavy atom. The van der Waals surface area contributed by atoms with Crippen molar-refractivity contribution in [3.8, 4) is 17.2 Å². The molecule has 0 saturated heterocycles. The van der Waals surface area contributed by atoms with Gasteiger partial charge in [0.2, 0.25) is 0 Å². The monoisotopic (exact) mass is 541 g/mol. The van der Waals surface area contributed by atoms with E-state index in [4.69, 9.17) is 10.5 Å². The Kier molecular flexibility index (Phi) is 6.90. The molecule has 0 spiro atoms. The van der Waals surface area contributed by atoms with Crippen LogP contribution >= 0.6 is 11.8 Å². The van der Waals surface area contributed by atoms with Gasteiger partial charge >= 0.3 is 5.69 Å². The van der Waals surface area contributed by atoms with Crippen molar-refractivity contribution in [1.82, 2.24) is 18.7 Å². The molecule has 0 fully saturated rings. The highest BCUT2D eigenvalue weighted by Crippen LogP contribution is 2.26. The largest absolute Gasteiger partial charge is 0.457 e. The topological polar surface area (TPSA) is 131 Å². The van der Waals surface area contributed by atoms with Gasteiger partial charge in [-0.05, 0) is 48.5 Å². The molecular formula is C28H23N5O5S. The zero-order chi connectivity index (χ0) is 27.7. The molecule has 2 aromatic heterocycles. The second kappa shape index (κ2) is 10.5. The van der Waals surface area contributed by atoms with Crippen molar-refractivity contribution in [3.63, 3.8) is 0 Å². The third-order valence-electron chi connectivity index (χ3n) is 6.14. The van der Waals surface area contributed by atoms with Crippen molar-refractivity contribution in [1.29, 1.82) is 0 Å². The summed E-state index contributed by atoms with van der Waals surface area (Å²) in [6.45, 7) is 0. The summed E-state index contributed by atoms with van der Waals surface area (Å²) in [6, 6.07) is 23.1. The summed E-state index contributed by atoms with van der Waals surface area (Å²) in [5.41, 5.74) is 4.92. The van der Waals surface area contributed by atoms with Crippen molar-refractivity contribution in [2.24, 2.45) is 14.1 Å². The number of rotatable bonds is 7. The minimum atomic E-state index is -0.779. The maximum atomic E-state index is 13.6. The summed E-state index contributed by atoms with van der Waals surface area (Å²) < 4.78 is 9.14. The second-order valence-corrected chi connectivity index (χ2v) is 9.58. The Hall–Kier alpha value is -4.90.